The molecule has 5 heteroatoms. The van der Waals surface area contributed by atoms with Crippen molar-refractivity contribution in [3.8, 4) is 11.4 Å². The highest BCUT2D eigenvalue weighted by Crippen LogP contribution is 2.32. The number of carboxylic acid groups (broad SMARTS) is 1. The van der Waals surface area contributed by atoms with Gasteiger partial charge in [-0.2, -0.15) is 0 Å². The van der Waals surface area contributed by atoms with Gasteiger partial charge >= 0.3 is 5.97 Å². The minimum Gasteiger partial charge on any atom is -0.480 e. The van der Waals surface area contributed by atoms with Gasteiger partial charge in [0.2, 0.25) is 0 Å². The number of carbonyl (C=O) groups is 1. The van der Waals surface area contributed by atoms with Crippen LogP contribution in [0.3, 0.4) is 0 Å². The second-order valence-corrected chi connectivity index (χ2v) is 5.20. The van der Waals surface area contributed by atoms with E-state index in [1.165, 1.54) is 0 Å². The molecule has 0 saturated heterocycles. The van der Waals surface area contributed by atoms with Gasteiger partial charge in [0.25, 0.3) is 0 Å². The Morgan fingerprint density at radius 3 is 2.57 bits per heavy atom. The van der Waals surface area contributed by atoms with Crippen LogP contribution in [0.1, 0.15) is 13.0 Å². The van der Waals surface area contributed by atoms with Gasteiger partial charge in [0.1, 0.15) is 11.9 Å². The van der Waals surface area contributed by atoms with Crippen molar-refractivity contribution >= 4 is 28.6 Å². The van der Waals surface area contributed by atoms with Crippen LogP contribution in [0.5, 0.6) is 0 Å². The van der Waals surface area contributed by atoms with E-state index in [0.29, 0.717) is 10.8 Å². The fourth-order valence-corrected chi connectivity index (χ4v) is 2.60. The molecule has 1 aromatic heterocycles. The quantitative estimate of drug-likeness (QED) is 0.795. The van der Waals surface area contributed by atoms with E-state index >= 15 is 0 Å². The first-order valence-electron chi connectivity index (χ1n) is 6.54. The van der Waals surface area contributed by atoms with Gasteiger partial charge in [0.15, 0.2) is 0 Å². The first-order valence-corrected chi connectivity index (χ1v) is 6.92. The second kappa shape index (κ2) is 5.22. The number of halogens is 1. The van der Waals surface area contributed by atoms with Gasteiger partial charge in [-0.15, -0.1) is 0 Å². The number of aromatic nitrogens is 2. The number of imidazole rings is 1. The summed E-state index contributed by atoms with van der Waals surface area (Å²) in [5.74, 6) is -0.344. The molecule has 4 nitrogen and oxygen atoms in total. The minimum absolute atomic E-state index is 0.548. The van der Waals surface area contributed by atoms with Gasteiger partial charge in [-0.05, 0) is 31.2 Å². The number of fused-ring (bicyclic) bond motifs is 1. The maximum atomic E-state index is 11.4. The van der Waals surface area contributed by atoms with Crippen molar-refractivity contribution in [2.24, 2.45) is 0 Å². The van der Waals surface area contributed by atoms with Gasteiger partial charge in [-0.25, -0.2) is 9.78 Å². The number of carboxylic acids is 1. The van der Waals surface area contributed by atoms with E-state index in [4.69, 9.17) is 11.6 Å². The Labute approximate surface area is 126 Å². The zero-order chi connectivity index (χ0) is 15.0. The molecule has 3 rings (SSSR count). The van der Waals surface area contributed by atoms with E-state index < -0.39 is 12.0 Å². The van der Waals surface area contributed by atoms with Crippen LogP contribution in [0.25, 0.3) is 22.4 Å². The zero-order valence-electron chi connectivity index (χ0n) is 11.3. The van der Waals surface area contributed by atoms with Crippen LogP contribution in [-0.4, -0.2) is 20.6 Å². The lowest BCUT2D eigenvalue weighted by atomic mass is 10.2. The van der Waals surface area contributed by atoms with Gasteiger partial charge < -0.3 is 9.67 Å². The third-order valence-electron chi connectivity index (χ3n) is 3.46. The summed E-state index contributed by atoms with van der Waals surface area (Å²) in [6, 6.07) is 14.0. The Balaban J connectivity index is 2.34. The molecule has 21 heavy (non-hydrogen) atoms. The summed E-state index contributed by atoms with van der Waals surface area (Å²) in [5, 5.41) is 9.92. The van der Waals surface area contributed by atoms with Gasteiger partial charge in [-0.1, -0.05) is 35.9 Å². The predicted octanol–water partition coefficient (Wildman–Crippen LogP) is 4.00. The van der Waals surface area contributed by atoms with Crippen molar-refractivity contribution in [1.82, 2.24) is 9.55 Å². The fraction of sp³-hybridized carbons (Fsp3) is 0.125. The molecule has 0 amide bonds. The molecular weight excluding hydrogens is 288 g/mol. The third-order valence-corrected chi connectivity index (χ3v) is 3.78. The smallest absolute Gasteiger partial charge is 0.326 e. The minimum atomic E-state index is -0.911. The standard InChI is InChI=1S/C16H13ClN2O2/c1-10(16(20)21)19-14-9-5-4-8-13(14)18-15(19)11-6-2-3-7-12(11)17/h2-10H,1H3,(H,20,21). The first-order chi connectivity index (χ1) is 10.1. The third kappa shape index (κ3) is 2.28. The fourth-order valence-electron chi connectivity index (χ4n) is 2.38. The van der Waals surface area contributed by atoms with E-state index in [9.17, 15) is 9.90 Å². The average Bonchev–Trinajstić information content (AvgIpc) is 2.85. The van der Waals surface area contributed by atoms with Crippen molar-refractivity contribution < 1.29 is 9.90 Å². The number of benzene rings is 2. The van der Waals surface area contributed by atoms with Crippen LogP contribution in [0.4, 0.5) is 0 Å². The normalized spacial score (nSPS) is 12.5. The highest BCUT2D eigenvalue weighted by atomic mass is 35.5. The maximum Gasteiger partial charge on any atom is 0.326 e. The number of hydrogen-bond acceptors (Lipinski definition) is 2. The van der Waals surface area contributed by atoms with E-state index in [2.05, 4.69) is 4.98 Å². The Morgan fingerprint density at radius 1 is 1.19 bits per heavy atom. The van der Waals surface area contributed by atoms with Crippen molar-refractivity contribution in [2.45, 2.75) is 13.0 Å². The number of para-hydroxylation sites is 2. The lowest BCUT2D eigenvalue weighted by Crippen LogP contribution is -2.16. The number of nitrogens with zero attached hydrogens (tertiary/aromatic N) is 2. The van der Waals surface area contributed by atoms with Gasteiger partial charge in [0.05, 0.1) is 16.1 Å². The highest BCUT2D eigenvalue weighted by molar-refractivity contribution is 6.33. The topological polar surface area (TPSA) is 55.1 Å². The number of rotatable bonds is 3. The molecule has 106 valence electrons. The molecule has 1 heterocycles. The van der Waals surface area contributed by atoms with Crippen LogP contribution < -0.4 is 0 Å². The number of hydrogen-bond donors (Lipinski definition) is 1. The van der Waals surface area contributed by atoms with Crippen LogP contribution in [-0.2, 0) is 4.79 Å². The molecule has 0 aliphatic heterocycles. The molecule has 0 radical (unpaired) electrons. The average molecular weight is 301 g/mol. The van der Waals surface area contributed by atoms with Crippen LogP contribution >= 0.6 is 11.6 Å². The lowest BCUT2D eigenvalue weighted by molar-refractivity contribution is -0.140. The van der Waals surface area contributed by atoms with Crippen molar-refractivity contribution in [3.05, 3.63) is 53.6 Å². The first kappa shape index (κ1) is 13.6. The van der Waals surface area contributed by atoms with Crippen LogP contribution in [0.15, 0.2) is 48.5 Å². The summed E-state index contributed by atoms with van der Waals surface area (Å²) in [5.41, 5.74) is 2.26. The van der Waals surface area contributed by atoms with Crippen molar-refractivity contribution in [2.75, 3.05) is 0 Å². The monoisotopic (exact) mass is 300 g/mol. The molecule has 3 aromatic rings. The Morgan fingerprint density at radius 2 is 1.86 bits per heavy atom. The van der Waals surface area contributed by atoms with Crippen LogP contribution in [0, 0.1) is 0 Å². The highest BCUT2D eigenvalue weighted by Gasteiger charge is 2.22. The van der Waals surface area contributed by atoms with Crippen molar-refractivity contribution in [3.63, 3.8) is 0 Å². The molecule has 1 N–H and O–H groups in total. The molecule has 0 spiro atoms. The molecule has 2 aromatic carbocycles. The van der Waals surface area contributed by atoms with Crippen molar-refractivity contribution in [1.29, 1.82) is 0 Å². The van der Waals surface area contributed by atoms with E-state index in [-0.39, 0.29) is 0 Å². The summed E-state index contributed by atoms with van der Waals surface area (Å²) in [6.07, 6.45) is 0. The SMILES string of the molecule is CC(C(=O)O)n1c(-c2ccccc2Cl)nc2ccccc21. The van der Waals surface area contributed by atoms with Crippen LogP contribution in [0.2, 0.25) is 5.02 Å². The molecule has 0 fully saturated rings. The maximum absolute atomic E-state index is 11.4. The Kier molecular flexibility index (Phi) is 3.39. The molecule has 0 bridgehead atoms. The summed E-state index contributed by atoms with van der Waals surface area (Å²) in [7, 11) is 0. The largest absolute Gasteiger partial charge is 0.480 e. The molecule has 1 unspecified atom stereocenters. The molecule has 0 aliphatic rings. The number of aliphatic carboxylic acids is 1. The molecule has 1 atom stereocenters. The lowest BCUT2D eigenvalue weighted by Gasteiger charge is -2.14. The Hall–Kier alpha value is -2.33. The van der Waals surface area contributed by atoms with E-state index in [0.717, 1.165) is 16.6 Å². The van der Waals surface area contributed by atoms with E-state index in [1.54, 1.807) is 17.6 Å². The van der Waals surface area contributed by atoms with Gasteiger partial charge in [0, 0.05) is 5.56 Å². The van der Waals surface area contributed by atoms with Gasteiger partial charge in [-0.3, -0.25) is 0 Å². The van der Waals surface area contributed by atoms with E-state index in [1.807, 2.05) is 42.5 Å². The summed E-state index contributed by atoms with van der Waals surface area (Å²) < 4.78 is 1.71. The summed E-state index contributed by atoms with van der Waals surface area (Å²) in [6.45, 7) is 1.64. The Bertz CT molecular complexity index is 826. The summed E-state index contributed by atoms with van der Waals surface area (Å²) in [4.78, 5) is 16.0. The molecule has 0 saturated carbocycles. The second-order valence-electron chi connectivity index (χ2n) is 4.79. The summed E-state index contributed by atoms with van der Waals surface area (Å²) >= 11 is 6.24. The predicted molar refractivity (Wildman–Crippen MR) is 82.5 cm³/mol. The zero-order valence-corrected chi connectivity index (χ0v) is 12.1. The molecule has 0 aliphatic carbocycles. The molecular formula is C16H13ClN2O2.